The molecular formula is C31H39N7O4. The summed E-state index contributed by atoms with van der Waals surface area (Å²) in [4.78, 5) is 39.8. The number of benzene rings is 2. The monoisotopic (exact) mass is 573 g/mol. The standard InChI is InChI=1S/C31H39N7O4/c1-17-10-22(11-18(2)20(17)4)34-28-32-14-19(3)27(36-28)33-23-12-21(26-24(13-23)35-29(39)42-26)15-37-8-9-38(30(40)41)25(16-37)31(5,6)7/h10-14,25H,8-9,15-16H2,1-7H3,(H,35,39)(H,40,41)(H2,32,33,34,36). The average Bonchev–Trinajstić information content (AvgIpc) is 3.29. The van der Waals surface area contributed by atoms with E-state index in [0.717, 1.165) is 22.5 Å². The first-order valence-electron chi connectivity index (χ1n) is 14.1. The van der Waals surface area contributed by atoms with Crippen molar-refractivity contribution in [1.82, 2.24) is 24.8 Å². The van der Waals surface area contributed by atoms with Gasteiger partial charge in [0, 0.05) is 54.9 Å². The molecule has 0 bridgehead atoms. The summed E-state index contributed by atoms with van der Waals surface area (Å²) in [6.07, 6.45) is 0.862. The lowest BCUT2D eigenvalue weighted by Gasteiger charge is -2.46. The molecule has 4 aromatic rings. The molecular weight excluding hydrogens is 534 g/mol. The summed E-state index contributed by atoms with van der Waals surface area (Å²) >= 11 is 0. The Hall–Kier alpha value is -4.38. The van der Waals surface area contributed by atoms with Gasteiger partial charge in [-0.25, -0.2) is 14.6 Å². The van der Waals surface area contributed by atoms with Crippen molar-refractivity contribution in [2.24, 2.45) is 5.41 Å². The number of aryl methyl sites for hydroxylation is 3. The molecule has 2 aromatic carbocycles. The highest BCUT2D eigenvalue weighted by Crippen LogP contribution is 2.31. The Morgan fingerprint density at radius 2 is 1.74 bits per heavy atom. The van der Waals surface area contributed by atoms with Crippen LogP contribution in [0.2, 0.25) is 0 Å². The summed E-state index contributed by atoms with van der Waals surface area (Å²) in [7, 11) is 0. The molecule has 1 unspecified atom stereocenters. The molecule has 11 heteroatoms. The maximum atomic E-state index is 12.2. The highest BCUT2D eigenvalue weighted by Gasteiger charge is 2.38. The van der Waals surface area contributed by atoms with Crippen molar-refractivity contribution in [2.45, 2.75) is 61.1 Å². The average molecular weight is 574 g/mol. The van der Waals surface area contributed by atoms with Gasteiger partial charge in [0.15, 0.2) is 5.58 Å². The summed E-state index contributed by atoms with van der Waals surface area (Å²) in [6, 6.07) is 7.76. The van der Waals surface area contributed by atoms with Crippen LogP contribution in [0.4, 0.5) is 27.9 Å². The Morgan fingerprint density at radius 1 is 1.05 bits per heavy atom. The summed E-state index contributed by atoms with van der Waals surface area (Å²) in [5.74, 6) is 0.570. The number of hydrogen-bond donors (Lipinski definition) is 4. The summed E-state index contributed by atoms with van der Waals surface area (Å²) in [5, 5.41) is 16.5. The fraction of sp³-hybridized carbons (Fsp3) is 0.419. The molecule has 4 N–H and O–H groups in total. The molecule has 222 valence electrons. The quantitative estimate of drug-likeness (QED) is 0.224. The number of nitrogens with zero attached hydrogens (tertiary/aromatic N) is 4. The van der Waals surface area contributed by atoms with E-state index in [4.69, 9.17) is 9.40 Å². The van der Waals surface area contributed by atoms with Crippen molar-refractivity contribution in [3.8, 4) is 0 Å². The molecule has 1 saturated heterocycles. The van der Waals surface area contributed by atoms with E-state index in [2.05, 4.69) is 79.2 Å². The van der Waals surface area contributed by atoms with Crippen molar-refractivity contribution in [2.75, 3.05) is 30.3 Å². The Bertz CT molecular complexity index is 1680. The lowest BCUT2D eigenvalue weighted by Crippen LogP contribution is -2.59. The molecule has 1 amide bonds. The first-order chi connectivity index (χ1) is 19.8. The van der Waals surface area contributed by atoms with Gasteiger partial charge >= 0.3 is 11.8 Å². The zero-order valence-electron chi connectivity index (χ0n) is 25.3. The Labute approximate surface area is 245 Å². The van der Waals surface area contributed by atoms with Crippen molar-refractivity contribution >= 4 is 40.3 Å². The van der Waals surface area contributed by atoms with Crippen molar-refractivity contribution in [3.05, 3.63) is 68.8 Å². The van der Waals surface area contributed by atoms with E-state index in [9.17, 15) is 14.7 Å². The molecule has 1 aliphatic rings. The van der Waals surface area contributed by atoms with Crippen LogP contribution in [0.5, 0.6) is 0 Å². The number of amides is 1. The minimum Gasteiger partial charge on any atom is -0.465 e. The first kappa shape index (κ1) is 29.1. The van der Waals surface area contributed by atoms with Crippen LogP contribution in [0.15, 0.2) is 39.7 Å². The minimum absolute atomic E-state index is 0.172. The fourth-order valence-corrected chi connectivity index (χ4v) is 5.52. The van der Waals surface area contributed by atoms with Gasteiger partial charge in [0.1, 0.15) is 5.82 Å². The second-order valence-electron chi connectivity index (χ2n) is 12.3. The summed E-state index contributed by atoms with van der Waals surface area (Å²) in [5.41, 5.74) is 7.81. The Morgan fingerprint density at radius 3 is 2.40 bits per heavy atom. The first-order valence-corrected chi connectivity index (χ1v) is 14.1. The molecule has 5 rings (SSSR count). The van der Waals surface area contributed by atoms with E-state index in [1.807, 2.05) is 19.1 Å². The van der Waals surface area contributed by atoms with Crippen LogP contribution in [0.3, 0.4) is 0 Å². The number of H-pyrrole nitrogens is 1. The Balaban J connectivity index is 1.42. The van der Waals surface area contributed by atoms with Gasteiger partial charge < -0.3 is 25.1 Å². The van der Waals surface area contributed by atoms with Crippen molar-refractivity contribution < 1.29 is 14.3 Å². The SMILES string of the molecule is Cc1cnc(Nc2cc(C)c(C)c(C)c2)nc1Nc1cc(CN2CCN(C(=O)O)C(C(C)(C)C)C2)c2oc(=O)[nH]c2c1. The van der Waals surface area contributed by atoms with Crippen molar-refractivity contribution in [1.29, 1.82) is 0 Å². The third-order valence-electron chi connectivity index (χ3n) is 8.12. The summed E-state index contributed by atoms with van der Waals surface area (Å²) < 4.78 is 5.53. The van der Waals surface area contributed by atoms with Crippen LogP contribution in [0.1, 0.15) is 48.6 Å². The van der Waals surface area contributed by atoms with Gasteiger partial charge in [-0.3, -0.25) is 9.88 Å². The zero-order valence-corrected chi connectivity index (χ0v) is 25.3. The third-order valence-corrected chi connectivity index (χ3v) is 8.12. The predicted octanol–water partition coefficient (Wildman–Crippen LogP) is 5.84. The van der Waals surface area contributed by atoms with Gasteiger partial charge in [-0.05, 0) is 74.1 Å². The predicted molar refractivity (Wildman–Crippen MR) is 164 cm³/mol. The maximum Gasteiger partial charge on any atom is 0.417 e. The topological polar surface area (TPSA) is 140 Å². The molecule has 1 atom stereocenters. The Kier molecular flexibility index (Phi) is 7.72. The van der Waals surface area contributed by atoms with Crippen LogP contribution in [0, 0.1) is 33.1 Å². The number of hydrogen-bond acceptors (Lipinski definition) is 8. The molecule has 0 saturated carbocycles. The highest BCUT2D eigenvalue weighted by atomic mass is 16.4. The number of carbonyl (C=O) groups is 1. The van der Waals surface area contributed by atoms with E-state index >= 15 is 0 Å². The summed E-state index contributed by atoms with van der Waals surface area (Å²) in [6.45, 7) is 16.4. The zero-order chi connectivity index (χ0) is 30.3. The van der Waals surface area contributed by atoms with Crippen LogP contribution in [0.25, 0.3) is 11.1 Å². The highest BCUT2D eigenvalue weighted by molar-refractivity contribution is 5.82. The normalized spacial score (nSPS) is 16.2. The molecule has 0 spiro atoms. The number of piperazine rings is 1. The van der Waals surface area contributed by atoms with Gasteiger partial charge in [-0.15, -0.1) is 0 Å². The van der Waals surface area contributed by atoms with E-state index in [-0.39, 0.29) is 11.5 Å². The van der Waals surface area contributed by atoms with E-state index in [1.165, 1.54) is 21.6 Å². The lowest BCUT2D eigenvalue weighted by molar-refractivity contribution is 0.0190. The molecule has 42 heavy (non-hydrogen) atoms. The van der Waals surface area contributed by atoms with Gasteiger partial charge in [0.2, 0.25) is 5.95 Å². The van der Waals surface area contributed by atoms with Gasteiger partial charge in [0.05, 0.1) is 11.6 Å². The van der Waals surface area contributed by atoms with Crippen LogP contribution >= 0.6 is 0 Å². The van der Waals surface area contributed by atoms with Gasteiger partial charge in [0.25, 0.3) is 0 Å². The second-order valence-corrected chi connectivity index (χ2v) is 12.3. The number of nitrogens with one attached hydrogen (secondary N) is 3. The molecule has 0 radical (unpaired) electrons. The van der Waals surface area contributed by atoms with Gasteiger partial charge in [-0.2, -0.15) is 4.98 Å². The van der Waals surface area contributed by atoms with E-state index in [1.54, 1.807) is 6.20 Å². The number of anilines is 4. The lowest BCUT2D eigenvalue weighted by atomic mass is 9.84. The van der Waals surface area contributed by atoms with E-state index < -0.39 is 11.8 Å². The number of fused-ring (bicyclic) bond motifs is 1. The number of carboxylic acid groups (broad SMARTS) is 1. The second kappa shape index (κ2) is 11.1. The molecule has 0 aliphatic carbocycles. The molecule has 1 aliphatic heterocycles. The van der Waals surface area contributed by atoms with Crippen molar-refractivity contribution in [3.63, 3.8) is 0 Å². The molecule has 1 fully saturated rings. The number of oxazole rings is 1. The van der Waals surface area contributed by atoms with Crippen LogP contribution < -0.4 is 16.4 Å². The fourth-order valence-electron chi connectivity index (χ4n) is 5.52. The smallest absolute Gasteiger partial charge is 0.417 e. The third kappa shape index (κ3) is 6.11. The van der Waals surface area contributed by atoms with Gasteiger partial charge in [-0.1, -0.05) is 20.8 Å². The van der Waals surface area contributed by atoms with E-state index in [0.29, 0.717) is 49.0 Å². The van der Waals surface area contributed by atoms with Crippen LogP contribution in [-0.2, 0) is 6.54 Å². The molecule has 11 nitrogen and oxygen atoms in total. The number of aromatic nitrogens is 3. The minimum atomic E-state index is -0.901. The maximum absolute atomic E-state index is 12.2. The largest absolute Gasteiger partial charge is 0.465 e. The number of aromatic amines is 1. The van der Waals surface area contributed by atoms with Crippen LogP contribution in [-0.4, -0.2) is 61.6 Å². The molecule has 2 aromatic heterocycles. The molecule has 3 heterocycles. The number of rotatable bonds is 6.